The highest BCUT2D eigenvalue weighted by Crippen LogP contribution is 2.67. The number of Topliss-reactive ketones (excluding diaryl/α,β-unsaturated/α-hetero) is 1. The molecule has 0 heterocycles. The van der Waals surface area contributed by atoms with E-state index in [1.807, 2.05) is 6.92 Å². The second kappa shape index (κ2) is 14.4. The third-order valence-electron chi connectivity index (χ3n) is 12.4. The largest absolute Gasteiger partial charge is 0.479 e. The first-order valence-electron chi connectivity index (χ1n) is 17.7. The van der Waals surface area contributed by atoms with Crippen molar-refractivity contribution in [1.82, 2.24) is 10.6 Å². The number of fused-ring (bicyclic) bond motifs is 5. The molecule has 3 fully saturated rings. The van der Waals surface area contributed by atoms with Crippen molar-refractivity contribution in [3.05, 3.63) is 47.5 Å². The first-order valence-corrected chi connectivity index (χ1v) is 17.7. The van der Waals surface area contributed by atoms with Crippen molar-refractivity contribution in [3.8, 4) is 0 Å². The van der Waals surface area contributed by atoms with Gasteiger partial charge in [-0.2, -0.15) is 0 Å². The number of aliphatic carboxylic acids is 1. The Balaban J connectivity index is 1.14. The SMILES string of the molecule is CC(C)[C@H](NC(=O)CCC(=O)OCC(=O)[C@@]1(O)CC[C@@H]2[C@@H]3CCC4=CC(=O)CC[C@]4(C)[C@@H]3[C@@H](O)C[C@@]21C)C(=O)N[C@@H](C(=O)O)c1ccccc1. The second-order valence-electron chi connectivity index (χ2n) is 15.5. The van der Waals surface area contributed by atoms with E-state index >= 15 is 0 Å². The lowest BCUT2D eigenvalue weighted by Crippen LogP contribution is -2.62. The zero-order chi connectivity index (χ0) is 36.6. The number of carbonyl (C=O) groups is 6. The van der Waals surface area contributed by atoms with Gasteiger partial charge in [0.1, 0.15) is 11.6 Å². The van der Waals surface area contributed by atoms with Crippen molar-refractivity contribution in [1.29, 1.82) is 0 Å². The summed E-state index contributed by atoms with van der Waals surface area (Å²) in [6.45, 7) is 6.69. The zero-order valence-electron chi connectivity index (χ0n) is 29.3. The van der Waals surface area contributed by atoms with Crippen LogP contribution in [0.15, 0.2) is 42.0 Å². The van der Waals surface area contributed by atoms with Gasteiger partial charge in [-0.15, -0.1) is 0 Å². The number of carbonyl (C=O) groups excluding carboxylic acids is 5. The normalized spacial score (nSPS) is 32.8. The molecule has 0 unspecified atom stereocenters. The molecule has 272 valence electrons. The van der Waals surface area contributed by atoms with E-state index in [1.165, 1.54) is 0 Å². The van der Waals surface area contributed by atoms with Crippen molar-refractivity contribution in [2.75, 3.05) is 6.61 Å². The number of aliphatic hydroxyl groups excluding tert-OH is 1. The van der Waals surface area contributed by atoms with E-state index in [4.69, 9.17) is 4.74 Å². The quantitative estimate of drug-likeness (QED) is 0.203. The minimum absolute atomic E-state index is 0.0233. The van der Waals surface area contributed by atoms with Crippen molar-refractivity contribution < 1.29 is 48.8 Å². The van der Waals surface area contributed by atoms with Crippen LogP contribution >= 0.6 is 0 Å². The molecule has 12 nitrogen and oxygen atoms in total. The highest BCUT2D eigenvalue weighted by Gasteiger charge is 2.68. The van der Waals surface area contributed by atoms with Crippen LogP contribution in [0.25, 0.3) is 0 Å². The van der Waals surface area contributed by atoms with Crippen molar-refractivity contribution in [3.63, 3.8) is 0 Å². The van der Waals surface area contributed by atoms with Gasteiger partial charge in [0.15, 0.2) is 18.4 Å². The number of carboxylic acids is 1. The lowest BCUT2D eigenvalue weighted by molar-refractivity contribution is -0.184. The molecule has 50 heavy (non-hydrogen) atoms. The molecule has 0 bridgehead atoms. The minimum Gasteiger partial charge on any atom is -0.479 e. The predicted molar refractivity (Wildman–Crippen MR) is 180 cm³/mol. The highest BCUT2D eigenvalue weighted by molar-refractivity contribution is 5.93. The maximum atomic E-state index is 13.6. The van der Waals surface area contributed by atoms with Crippen LogP contribution in [0.3, 0.4) is 0 Å². The van der Waals surface area contributed by atoms with E-state index in [9.17, 15) is 44.1 Å². The van der Waals surface area contributed by atoms with Gasteiger partial charge in [0.2, 0.25) is 17.6 Å². The van der Waals surface area contributed by atoms with Gasteiger partial charge in [-0.3, -0.25) is 24.0 Å². The van der Waals surface area contributed by atoms with Gasteiger partial charge in [0.05, 0.1) is 12.5 Å². The number of carboxylic acid groups (broad SMARTS) is 1. The number of hydrogen-bond donors (Lipinski definition) is 5. The fraction of sp³-hybridized carbons (Fsp3) is 0.632. The number of hydrogen-bond acceptors (Lipinski definition) is 9. The van der Waals surface area contributed by atoms with Crippen LogP contribution in [0.4, 0.5) is 0 Å². The Morgan fingerprint density at radius 2 is 1.68 bits per heavy atom. The van der Waals surface area contributed by atoms with Gasteiger partial charge in [-0.05, 0) is 79.3 Å². The molecule has 3 saturated carbocycles. The van der Waals surface area contributed by atoms with E-state index in [1.54, 1.807) is 50.3 Å². The third kappa shape index (κ3) is 6.88. The van der Waals surface area contributed by atoms with E-state index in [0.29, 0.717) is 24.8 Å². The van der Waals surface area contributed by atoms with Crippen LogP contribution < -0.4 is 10.6 Å². The summed E-state index contributed by atoms with van der Waals surface area (Å²) in [5.74, 6) is -4.35. The van der Waals surface area contributed by atoms with Crippen LogP contribution in [0.2, 0.25) is 0 Å². The second-order valence-corrected chi connectivity index (χ2v) is 15.5. The topological polar surface area (TPSA) is 196 Å². The molecular weight excluding hydrogens is 644 g/mol. The fourth-order valence-electron chi connectivity index (χ4n) is 9.65. The standard InChI is InChI=1S/C38H50N2O10/c1-21(2)32(34(46)40-33(35(47)48)22-8-6-5-7-9-22)39-29(44)12-13-30(45)50-20-28(43)38(49)17-15-26-25-11-10-23-18-24(41)14-16-36(23,3)31(25)27(42)19-37(26,38)4/h5-9,18,21,25-27,31-33,42,49H,10-17,19-20H2,1-4H3,(H,39,44)(H,40,46)(H,47,48)/t25-,26+,27-,31-,32-,33+,36-,37-,38-/m0/s1. The number of benzene rings is 1. The molecule has 5 N–H and O–H groups in total. The fourth-order valence-corrected chi connectivity index (χ4v) is 9.65. The van der Waals surface area contributed by atoms with Crippen molar-refractivity contribution in [2.24, 2.45) is 34.5 Å². The molecule has 4 aliphatic rings. The first kappa shape index (κ1) is 37.4. The molecule has 9 atom stereocenters. The highest BCUT2D eigenvalue weighted by atomic mass is 16.5. The smallest absolute Gasteiger partial charge is 0.330 e. The number of amides is 2. The van der Waals surface area contributed by atoms with Gasteiger partial charge in [-0.25, -0.2) is 4.79 Å². The summed E-state index contributed by atoms with van der Waals surface area (Å²) < 4.78 is 5.24. The summed E-state index contributed by atoms with van der Waals surface area (Å²) in [6.07, 6.45) is 3.91. The molecule has 0 spiro atoms. The molecule has 0 aromatic heterocycles. The predicted octanol–water partition coefficient (Wildman–Crippen LogP) is 3.20. The van der Waals surface area contributed by atoms with E-state index in [0.717, 1.165) is 18.4 Å². The van der Waals surface area contributed by atoms with Crippen LogP contribution in [-0.2, 0) is 33.5 Å². The Hall–Kier alpha value is -3.90. The maximum Gasteiger partial charge on any atom is 0.330 e. The maximum absolute atomic E-state index is 13.6. The summed E-state index contributed by atoms with van der Waals surface area (Å²) in [7, 11) is 0. The van der Waals surface area contributed by atoms with Gasteiger partial charge < -0.3 is 30.7 Å². The Labute approximate surface area is 292 Å². The number of nitrogens with one attached hydrogen (secondary N) is 2. The average Bonchev–Trinajstić information content (AvgIpc) is 3.34. The molecule has 2 amide bonds. The molecule has 1 aromatic rings. The monoisotopic (exact) mass is 694 g/mol. The minimum atomic E-state index is -1.80. The van der Waals surface area contributed by atoms with Gasteiger partial charge in [0, 0.05) is 18.3 Å². The summed E-state index contributed by atoms with van der Waals surface area (Å²) in [4.78, 5) is 76.0. The summed E-state index contributed by atoms with van der Waals surface area (Å²) in [5, 5.41) is 38.2. The van der Waals surface area contributed by atoms with E-state index in [2.05, 4.69) is 17.6 Å². The van der Waals surface area contributed by atoms with E-state index in [-0.39, 0.29) is 54.6 Å². The number of aliphatic hydroxyl groups is 2. The van der Waals surface area contributed by atoms with Crippen LogP contribution in [0.1, 0.15) is 97.1 Å². The van der Waals surface area contributed by atoms with E-state index < -0.39 is 71.3 Å². The number of ether oxygens (including phenoxy) is 1. The summed E-state index contributed by atoms with van der Waals surface area (Å²) >= 11 is 0. The molecule has 5 rings (SSSR count). The molecule has 0 aliphatic heterocycles. The van der Waals surface area contributed by atoms with Crippen molar-refractivity contribution >= 4 is 35.3 Å². The first-order chi connectivity index (χ1) is 23.5. The number of allylic oxidation sites excluding steroid dienone is 1. The number of rotatable bonds is 12. The van der Waals surface area contributed by atoms with Crippen LogP contribution in [-0.4, -0.2) is 75.0 Å². The molecule has 0 saturated heterocycles. The molecule has 0 radical (unpaired) electrons. The van der Waals surface area contributed by atoms with Crippen LogP contribution in [0.5, 0.6) is 0 Å². The zero-order valence-corrected chi connectivity index (χ0v) is 29.3. The summed E-state index contributed by atoms with van der Waals surface area (Å²) in [6, 6.07) is 5.77. The summed E-state index contributed by atoms with van der Waals surface area (Å²) in [5.41, 5.74) is -1.56. The number of ketones is 2. The van der Waals surface area contributed by atoms with Gasteiger partial charge in [0.25, 0.3) is 0 Å². The van der Waals surface area contributed by atoms with Crippen molar-refractivity contribution in [2.45, 2.75) is 109 Å². The molecular formula is C38H50N2O10. The Morgan fingerprint density at radius 1 is 0.980 bits per heavy atom. The number of esters is 1. The lowest BCUT2D eigenvalue weighted by Gasteiger charge is -2.60. The lowest BCUT2D eigenvalue weighted by atomic mass is 9.45. The Bertz CT molecular complexity index is 1560. The van der Waals surface area contributed by atoms with Gasteiger partial charge >= 0.3 is 11.9 Å². The average molecular weight is 695 g/mol. The van der Waals surface area contributed by atoms with Crippen LogP contribution in [0, 0.1) is 34.5 Å². The molecule has 4 aliphatic carbocycles. The molecule has 12 heteroatoms. The van der Waals surface area contributed by atoms with Gasteiger partial charge in [-0.1, -0.05) is 63.6 Å². The third-order valence-corrected chi connectivity index (χ3v) is 12.4. The molecule has 1 aromatic carbocycles. The Morgan fingerprint density at radius 3 is 2.34 bits per heavy atom. The Kier molecular flexibility index (Phi) is 10.7.